The van der Waals surface area contributed by atoms with Gasteiger partial charge in [-0.05, 0) is 6.92 Å². The lowest BCUT2D eigenvalue weighted by Gasteiger charge is -2.18. The van der Waals surface area contributed by atoms with E-state index in [4.69, 9.17) is 5.73 Å². The highest BCUT2D eigenvalue weighted by Crippen LogP contribution is 2.37. The highest BCUT2D eigenvalue weighted by atomic mass is 19.3. The molecule has 12 heteroatoms. The number of nitrogens with two attached hydrogens (primary N) is 1. The predicted octanol–water partition coefficient (Wildman–Crippen LogP) is 3.04. The summed E-state index contributed by atoms with van der Waals surface area (Å²) < 4.78 is 87.6. The van der Waals surface area contributed by atoms with Gasteiger partial charge in [0.2, 0.25) is 11.2 Å². The maximum atomic E-state index is 13.9. The Hall–Kier alpha value is -2.92. The molecule has 0 amide bonds. The number of nitrogens with zero attached hydrogens (tertiary/aromatic N) is 1. The molecule has 0 saturated carbocycles. The molecule has 0 atom stereocenters. The predicted molar refractivity (Wildman–Crippen MR) is 76.4 cm³/mol. The number of ether oxygens (including phenoxy) is 2. The Morgan fingerprint density at radius 1 is 1.23 bits per heavy atom. The van der Waals surface area contributed by atoms with E-state index in [1.54, 1.807) is 0 Å². The minimum Gasteiger partial charge on any atom is -0.462 e. The number of carbonyl (C=O) groups excluding carboxylic acids is 1. The number of carbonyl (C=O) groups is 1. The van der Waals surface area contributed by atoms with Crippen molar-refractivity contribution in [2.75, 3.05) is 12.3 Å². The summed E-state index contributed by atoms with van der Waals surface area (Å²) in [7, 11) is 0. The van der Waals surface area contributed by atoms with Crippen LogP contribution in [0.5, 0.6) is 5.75 Å². The van der Waals surface area contributed by atoms with Gasteiger partial charge in [0.05, 0.1) is 17.7 Å². The van der Waals surface area contributed by atoms with Crippen LogP contribution in [0.2, 0.25) is 0 Å². The fraction of sp³-hybridized carbons (Fsp3) is 0.286. The minimum atomic E-state index is -3.72. The fourth-order valence-corrected chi connectivity index (χ4v) is 2.25. The first-order valence-corrected chi connectivity index (χ1v) is 6.87. The van der Waals surface area contributed by atoms with Gasteiger partial charge in [-0.15, -0.1) is 0 Å². The van der Waals surface area contributed by atoms with Crippen LogP contribution in [-0.4, -0.2) is 23.8 Å². The van der Waals surface area contributed by atoms with E-state index in [2.05, 4.69) is 9.47 Å². The second kappa shape index (κ2) is 7.14. The Labute approximate surface area is 140 Å². The fourth-order valence-electron chi connectivity index (χ4n) is 2.25. The lowest BCUT2D eigenvalue weighted by Crippen LogP contribution is -2.23. The summed E-state index contributed by atoms with van der Waals surface area (Å²) in [6.45, 7) is -6.13. The van der Waals surface area contributed by atoms with E-state index in [0.717, 1.165) is 0 Å². The number of esters is 1. The van der Waals surface area contributed by atoms with Crippen molar-refractivity contribution in [2.45, 2.75) is 20.1 Å². The second-order valence-corrected chi connectivity index (χ2v) is 4.75. The molecule has 0 aliphatic rings. The van der Waals surface area contributed by atoms with Crippen LogP contribution in [0.25, 0.3) is 10.9 Å². The average Bonchev–Trinajstić information content (AvgIpc) is 2.56. The SMILES string of the molecule is CCOC(=O)c1cn(C(F)F)c2c(OC(F)F)c(F)c(F)c(N)c2c1=O. The van der Waals surface area contributed by atoms with Crippen molar-refractivity contribution in [3.63, 3.8) is 0 Å². The molecule has 0 aliphatic carbocycles. The zero-order chi connectivity index (χ0) is 19.8. The number of nitrogen functional groups attached to an aromatic ring is 1. The monoisotopic (exact) mass is 384 g/mol. The van der Waals surface area contributed by atoms with Gasteiger partial charge in [0.25, 0.3) is 0 Å². The van der Waals surface area contributed by atoms with E-state index >= 15 is 0 Å². The van der Waals surface area contributed by atoms with Gasteiger partial charge in [0.1, 0.15) is 11.1 Å². The van der Waals surface area contributed by atoms with Gasteiger partial charge in [0.15, 0.2) is 11.6 Å². The molecule has 2 aromatic rings. The third kappa shape index (κ3) is 3.13. The Bertz CT molecular complexity index is 928. The van der Waals surface area contributed by atoms with E-state index in [0.29, 0.717) is 0 Å². The molecule has 0 unspecified atom stereocenters. The number of hydrogen-bond donors (Lipinski definition) is 1. The Balaban J connectivity index is 3.06. The third-order valence-corrected chi connectivity index (χ3v) is 3.26. The van der Waals surface area contributed by atoms with Gasteiger partial charge in [-0.3, -0.25) is 9.36 Å². The molecule has 0 aliphatic heterocycles. The highest BCUT2D eigenvalue weighted by Gasteiger charge is 2.30. The van der Waals surface area contributed by atoms with Crippen LogP contribution in [0.15, 0.2) is 11.0 Å². The summed E-state index contributed by atoms with van der Waals surface area (Å²) in [6, 6.07) is 0. The van der Waals surface area contributed by atoms with E-state index in [-0.39, 0.29) is 17.4 Å². The molecule has 0 saturated heterocycles. The third-order valence-electron chi connectivity index (χ3n) is 3.26. The Kier molecular flexibility index (Phi) is 5.33. The normalized spacial score (nSPS) is 11.4. The minimum absolute atomic E-state index is 0.209. The topological polar surface area (TPSA) is 83.6 Å². The highest BCUT2D eigenvalue weighted by molar-refractivity contribution is 6.00. The first kappa shape index (κ1) is 19.4. The van der Waals surface area contributed by atoms with Crippen molar-refractivity contribution in [3.8, 4) is 5.75 Å². The number of alkyl halides is 4. The number of pyridine rings is 1. The first-order valence-electron chi connectivity index (χ1n) is 6.87. The molecule has 2 rings (SSSR count). The van der Waals surface area contributed by atoms with E-state index in [1.807, 2.05) is 0 Å². The average molecular weight is 384 g/mol. The molecule has 0 spiro atoms. The lowest BCUT2D eigenvalue weighted by molar-refractivity contribution is -0.0520. The van der Waals surface area contributed by atoms with Gasteiger partial charge in [-0.1, -0.05) is 0 Å². The molecule has 0 fully saturated rings. The van der Waals surface area contributed by atoms with Crippen LogP contribution in [0.4, 0.5) is 32.0 Å². The van der Waals surface area contributed by atoms with Crippen molar-refractivity contribution >= 4 is 22.6 Å². The van der Waals surface area contributed by atoms with Crippen LogP contribution in [-0.2, 0) is 4.74 Å². The number of halogens is 6. The summed E-state index contributed by atoms with van der Waals surface area (Å²) in [5.41, 5.74) is 0.407. The van der Waals surface area contributed by atoms with Crippen LogP contribution in [0, 0.1) is 11.6 Å². The molecule has 26 heavy (non-hydrogen) atoms. The summed E-state index contributed by atoms with van der Waals surface area (Å²) >= 11 is 0. The second-order valence-electron chi connectivity index (χ2n) is 4.75. The molecule has 1 heterocycles. The number of aromatic nitrogens is 1. The summed E-state index contributed by atoms with van der Waals surface area (Å²) in [4.78, 5) is 24.1. The number of rotatable bonds is 5. The first-order chi connectivity index (χ1) is 12.1. The van der Waals surface area contributed by atoms with E-state index in [9.17, 15) is 35.9 Å². The van der Waals surface area contributed by atoms with Crippen LogP contribution in [0.3, 0.4) is 0 Å². The maximum Gasteiger partial charge on any atom is 0.387 e. The zero-order valence-corrected chi connectivity index (χ0v) is 12.9. The van der Waals surface area contributed by atoms with Crippen LogP contribution in [0.1, 0.15) is 23.8 Å². The Morgan fingerprint density at radius 3 is 2.35 bits per heavy atom. The standard InChI is InChI=1S/C14H10F6N2O4/c1-2-25-12(24)4-3-22(13(17)18)9-5(10(4)23)8(21)6(15)7(16)11(9)26-14(19)20/h3,13-14H,2,21H2,1H3. The summed E-state index contributed by atoms with van der Waals surface area (Å²) in [6.07, 6.45) is 0.266. The van der Waals surface area contributed by atoms with Gasteiger partial charge < -0.3 is 15.2 Å². The maximum absolute atomic E-state index is 13.9. The largest absolute Gasteiger partial charge is 0.462 e. The van der Waals surface area contributed by atoms with Crippen molar-refractivity contribution < 1.29 is 40.6 Å². The summed E-state index contributed by atoms with van der Waals surface area (Å²) in [5.74, 6) is -7.04. The zero-order valence-electron chi connectivity index (χ0n) is 12.9. The van der Waals surface area contributed by atoms with E-state index in [1.165, 1.54) is 6.92 Å². The van der Waals surface area contributed by atoms with Crippen molar-refractivity contribution in [1.29, 1.82) is 0 Å². The molecule has 0 bridgehead atoms. The van der Waals surface area contributed by atoms with Crippen molar-refractivity contribution in [2.24, 2.45) is 0 Å². The van der Waals surface area contributed by atoms with Crippen molar-refractivity contribution in [3.05, 3.63) is 33.6 Å². The van der Waals surface area contributed by atoms with Crippen LogP contribution < -0.4 is 15.9 Å². The number of anilines is 1. The van der Waals surface area contributed by atoms with Crippen LogP contribution >= 0.6 is 0 Å². The van der Waals surface area contributed by atoms with Crippen molar-refractivity contribution in [1.82, 2.24) is 4.57 Å². The summed E-state index contributed by atoms with van der Waals surface area (Å²) in [5, 5.41) is -1.12. The van der Waals surface area contributed by atoms with Gasteiger partial charge in [0, 0.05) is 6.20 Å². The molecule has 6 nitrogen and oxygen atoms in total. The van der Waals surface area contributed by atoms with E-state index < -0.39 is 64.1 Å². The van der Waals surface area contributed by atoms with Gasteiger partial charge in [-0.2, -0.15) is 22.0 Å². The smallest absolute Gasteiger partial charge is 0.387 e. The molecule has 1 aromatic carbocycles. The quantitative estimate of drug-likeness (QED) is 0.487. The lowest BCUT2D eigenvalue weighted by atomic mass is 10.1. The van der Waals surface area contributed by atoms with Gasteiger partial charge in [-0.25, -0.2) is 9.18 Å². The molecular formula is C14H10F6N2O4. The number of benzene rings is 1. The molecule has 2 N–H and O–H groups in total. The molecule has 1 aromatic heterocycles. The van der Waals surface area contributed by atoms with Gasteiger partial charge >= 0.3 is 19.1 Å². The Morgan fingerprint density at radius 2 is 1.85 bits per heavy atom. The molecular weight excluding hydrogens is 374 g/mol. The number of fused-ring (bicyclic) bond motifs is 1. The molecule has 142 valence electrons. The number of hydrogen-bond acceptors (Lipinski definition) is 5. The molecule has 0 radical (unpaired) electrons.